The van der Waals surface area contributed by atoms with Gasteiger partial charge in [0.05, 0.1) is 11.4 Å². The van der Waals surface area contributed by atoms with Crippen LogP contribution in [0.2, 0.25) is 10.0 Å². The summed E-state index contributed by atoms with van der Waals surface area (Å²) in [7, 11) is 0. The van der Waals surface area contributed by atoms with Crippen molar-refractivity contribution in [1.82, 2.24) is 4.90 Å². The van der Waals surface area contributed by atoms with Crippen molar-refractivity contribution >= 4 is 68.1 Å². The molecule has 0 radical (unpaired) electrons. The third-order valence-electron chi connectivity index (χ3n) is 4.76. The summed E-state index contributed by atoms with van der Waals surface area (Å²) in [5.74, 6) is 0.252. The summed E-state index contributed by atoms with van der Waals surface area (Å²) >= 11 is 16.6. The molecule has 1 fully saturated rings. The highest BCUT2D eigenvalue weighted by atomic mass is 79.9. The van der Waals surface area contributed by atoms with E-state index in [1.165, 1.54) is 4.90 Å². The molecule has 0 spiro atoms. The Kier molecular flexibility index (Phi) is 7.26. The van der Waals surface area contributed by atoms with Gasteiger partial charge in [0.15, 0.2) is 0 Å². The Balaban J connectivity index is 1.53. The third kappa shape index (κ3) is 5.21. The van der Waals surface area contributed by atoms with Crippen molar-refractivity contribution in [3.05, 3.63) is 103 Å². The van der Waals surface area contributed by atoms with E-state index in [-0.39, 0.29) is 24.3 Å². The lowest BCUT2D eigenvalue weighted by Crippen LogP contribution is -2.27. The Morgan fingerprint density at radius 3 is 2.50 bits per heavy atom. The summed E-state index contributed by atoms with van der Waals surface area (Å²) in [6, 6.07) is 20.1. The number of ether oxygens (including phenoxy) is 1. The topological polar surface area (TPSA) is 46.6 Å². The molecule has 0 unspecified atom stereocenters. The largest absolute Gasteiger partial charge is 0.488 e. The fourth-order valence-electron chi connectivity index (χ4n) is 3.10. The van der Waals surface area contributed by atoms with Crippen LogP contribution in [0.25, 0.3) is 6.08 Å². The number of thioether (sulfide) groups is 1. The lowest BCUT2D eigenvalue weighted by atomic mass is 10.1. The minimum Gasteiger partial charge on any atom is -0.488 e. The zero-order valence-electron chi connectivity index (χ0n) is 16.6. The fraction of sp³-hybridized carbons (Fsp3) is 0.0833. The molecule has 0 N–H and O–H groups in total. The van der Waals surface area contributed by atoms with E-state index in [4.69, 9.17) is 27.9 Å². The summed E-state index contributed by atoms with van der Waals surface area (Å²) in [6.07, 6.45) is 1.68. The van der Waals surface area contributed by atoms with Crippen LogP contribution in [0.3, 0.4) is 0 Å². The Labute approximate surface area is 208 Å². The molecule has 8 heteroatoms. The van der Waals surface area contributed by atoms with E-state index >= 15 is 0 Å². The zero-order chi connectivity index (χ0) is 22.7. The second-order valence-electron chi connectivity index (χ2n) is 6.92. The summed E-state index contributed by atoms with van der Waals surface area (Å²) in [5.41, 5.74) is 2.35. The van der Waals surface area contributed by atoms with Gasteiger partial charge in [-0.2, -0.15) is 0 Å². The van der Waals surface area contributed by atoms with Gasteiger partial charge in [-0.05, 0) is 47.7 Å². The van der Waals surface area contributed by atoms with Gasteiger partial charge < -0.3 is 4.74 Å². The van der Waals surface area contributed by atoms with Crippen LogP contribution in [0, 0.1) is 0 Å². The number of carbonyl (C=O) groups excluding carboxylic acids is 2. The van der Waals surface area contributed by atoms with E-state index in [1.54, 1.807) is 30.3 Å². The first-order valence-electron chi connectivity index (χ1n) is 9.57. The molecule has 1 saturated heterocycles. The maximum atomic E-state index is 12.9. The first-order chi connectivity index (χ1) is 15.4. The summed E-state index contributed by atoms with van der Waals surface area (Å²) in [5, 5.41) is 0.768. The van der Waals surface area contributed by atoms with Crippen LogP contribution in [0.4, 0.5) is 4.79 Å². The number of nitrogens with zero attached hydrogens (tertiary/aromatic N) is 1. The molecule has 0 saturated carbocycles. The Morgan fingerprint density at radius 2 is 1.72 bits per heavy atom. The Morgan fingerprint density at radius 1 is 0.969 bits per heavy atom. The van der Waals surface area contributed by atoms with Crippen LogP contribution in [0.15, 0.2) is 76.1 Å². The quantitative estimate of drug-likeness (QED) is 0.298. The van der Waals surface area contributed by atoms with E-state index in [9.17, 15) is 9.59 Å². The number of rotatable bonds is 6. The van der Waals surface area contributed by atoms with E-state index in [0.717, 1.165) is 27.4 Å². The van der Waals surface area contributed by atoms with Crippen LogP contribution in [0.5, 0.6) is 5.75 Å². The van der Waals surface area contributed by atoms with E-state index in [1.807, 2.05) is 42.5 Å². The van der Waals surface area contributed by atoms with Crippen molar-refractivity contribution in [2.75, 3.05) is 0 Å². The van der Waals surface area contributed by atoms with Gasteiger partial charge in [0, 0.05) is 25.6 Å². The van der Waals surface area contributed by atoms with Crippen LogP contribution in [-0.4, -0.2) is 16.0 Å². The van der Waals surface area contributed by atoms with Crippen molar-refractivity contribution in [3.63, 3.8) is 0 Å². The number of carbonyl (C=O) groups is 2. The van der Waals surface area contributed by atoms with Gasteiger partial charge in [-0.25, -0.2) is 0 Å². The average Bonchev–Trinajstić information content (AvgIpc) is 3.03. The first kappa shape index (κ1) is 22.9. The zero-order valence-corrected chi connectivity index (χ0v) is 20.5. The summed E-state index contributed by atoms with van der Waals surface area (Å²) < 4.78 is 6.81. The van der Waals surface area contributed by atoms with Gasteiger partial charge in [0.25, 0.3) is 11.1 Å². The van der Waals surface area contributed by atoms with Gasteiger partial charge in [-0.1, -0.05) is 81.6 Å². The summed E-state index contributed by atoms with van der Waals surface area (Å²) in [6.45, 7) is 0.445. The molecule has 1 aliphatic heterocycles. The van der Waals surface area contributed by atoms with Crippen LogP contribution in [-0.2, 0) is 17.9 Å². The first-order valence-corrected chi connectivity index (χ1v) is 11.9. The molecule has 32 heavy (non-hydrogen) atoms. The van der Waals surface area contributed by atoms with E-state index in [2.05, 4.69) is 15.9 Å². The molecule has 1 heterocycles. The van der Waals surface area contributed by atoms with Gasteiger partial charge >= 0.3 is 0 Å². The maximum Gasteiger partial charge on any atom is 0.293 e. The third-order valence-corrected chi connectivity index (χ3v) is 7.03. The lowest BCUT2D eigenvalue weighted by Gasteiger charge is -2.13. The van der Waals surface area contributed by atoms with E-state index < -0.39 is 0 Å². The van der Waals surface area contributed by atoms with Crippen molar-refractivity contribution in [1.29, 1.82) is 0 Å². The minimum absolute atomic E-state index is 0.205. The molecule has 2 amide bonds. The Bertz CT molecular complexity index is 1230. The number of hydrogen-bond donors (Lipinski definition) is 0. The number of amides is 2. The molecular weight excluding hydrogens is 533 g/mol. The monoisotopic (exact) mass is 547 g/mol. The molecule has 3 aromatic rings. The second-order valence-corrected chi connectivity index (χ2v) is 9.61. The fourth-order valence-corrected chi connectivity index (χ4v) is 4.80. The van der Waals surface area contributed by atoms with Crippen LogP contribution >= 0.6 is 50.9 Å². The van der Waals surface area contributed by atoms with Crippen molar-refractivity contribution < 1.29 is 14.3 Å². The van der Waals surface area contributed by atoms with Gasteiger partial charge in [-0.15, -0.1) is 0 Å². The molecule has 0 aromatic heterocycles. The maximum absolute atomic E-state index is 12.9. The number of imide groups is 1. The highest BCUT2D eigenvalue weighted by molar-refractivity contribution is 9.10. The van der Waals surface area contributed by atoms with Crippen molar-refractivity contribution in [2.24, 2.45) is 0 Å². The highest BCUT2D eigenvalue weighted by Crippen LogP contribution is 2.36. The SMILES string of the molecule is O=C1S/C(=C\c2ccccc2OCc2ccc(Cl)cc2Cl)C(=O)N1Cc1ccccc1Br. The van der Waals surface area contributed by atoms with Gasteiger partial charge in [-0.3, -0.25) is 14.5 Å². The van der Waals surface area contributed by atoms with Crippen molar-refractivity contribution in [3.8, 4) is 5.75 Å². The lowest BCUT2D eigenvalue weighted by molar-refractivity contribution is -0.123. The second kappa shape index (κ2) is 10.1. The predicted molar refractivity (Wildman–Crippen MR) is 133 cm³/mol. The standard InChI is InChI=1S/C24H16BrCl2NO3S/c25-19-7-3-1-6-16(19)13-28-23(29)22(32-24(28)30)11-15-5-2-4-8-21(15)31-14-17-9-10-18(26)12-20(17)27/h1-12H,13-14H2/b22-11-. The van der Waals surface area contributed by atoms with Gasteiger partial charge in [0.2, 0.25) is 0 Å². The summed E-state index contributed by atoms with van der Waals surface area (Å²) in [4.78, 5) is 27.0. The van der Waals surface area contributed by atoms with Gasteiger partial charge in [0.1, 0.15) is 12.4 Å². The molecular formula is C24H16BrCl2NO3S. The molecule has 0 bridgehead atoms. The Hall–Kier alpha value is -2.25. The molecule has 3 aromatic carbocycles. The molecule has 4 rings (SSSR count). The number of halogens is 3. The molecule has 4 nitrogen and oxygen atoms in total. The van der Waals surface area contributed by atoms with E-state index in [0.29, 0.717) is 26.3 Å². The predicted octanol–water partition coefficient (Wildman–Crippen LogP) is 7.57. The normalized spacial score (nSPS) is 15.0. The van der Waals surface area contributed by atoms with Crippen LogP contribution < -0.4 is 4.74 Å². The minimum atomic E-state index is -0.327. The number of hydrogen-bond acceptors (Lipinski definition) is 4. The molecule has 1 aliphatic rings. The van der Waals surface area contributed by atoms with Crippen molar-refractivity contribution in [2.45, 2.75) is 13.2 Å². The smallest absolute Gasteiger partial charge is 0.293 e. The average molecular weight is 549 g/mol. The number of benzene rings is 3. The molecule has 0 atom stereocenters. The molecule has 0 aliphatic carbocycles. The highest BCUT2D eigenvalue weighted by Gasteiger charge is 2.35. The number of para-hydroxylation sites is 1. The molecule has 162 valence electrons. The van der Waals surface area contributed by atoms with Crippen LogP contribution in [0.1, 0.15) is 16.7 Å².